The van der Waals surface area contributed by atoms with Gasteiger partial charge in [0.1, 0.15) is 0 Å². The van der Waals surface area contributed by atoms with Gasteiger partial charge in [0.05, 0.1) is 30.6 Å². The Morgan fingerprint density at radius 1 is 0.827 bits per heavy atom. The highest BCUT2D eigenvalue weighted by atomic mass is 16.5. The lowest BCUT2D eigenvalue weighted by Gasteiger charge is -2.29. The molecule has 10 heteroatoms. The number of rotatable bonds is 10. The lowest BCUT2D eigenvalue weighted by Crippen LogP contribution is -2.41. The quantitative estimate of drug-likeness (QED) is 0.203. The van der Waals surface area contributed by atoms with Crippen molar-refractivity contribution in [2.45, 2.75) is 44.6 Å². The van der Waals surface area contributed by atoms with E-state index in [0.29, 0.717) is 47.8 Å². The molecular weight excluding hydrogens is 652 g/mol. The number of nitrogens with one attached hydrogen (secondary N) is 2. The van der Waals surface area contributed by atoms with Crippen molar-refractivity contribution in [2.24, 2.45) is 0 Å². The Labute approximate surface area is 306 Å². The number of amides is 3. The van der Waals surface area contributed by atoms with Crippen LogP contribution >= 0.6 is 0 Å². The molecule has 0 radical (unpaired) electrons. The number of fused-ring (bicyclic) bond motifs is 1. The number of anilines is 2. The molecule has 7 rings (SSSR count). The smallest absolute Gasteiger partial charge is 0.255 e. The molecule has 1 unspecified atom stereocenters. The molecule has 3 aliphatic rings. The normalized spacial score (nSPS) is 17.6. The molecule has 2 saturated heterocycles. The molecule has 1 aliphatic carbocycles. The average molecular weight is 701 g/mol. The number of carbonyl (C=O) groups excluding carboxylic acids is 3. The first-order valence-electron chi connectivity index (χ1n) is 18.6. The van der Waals surface area contributed by atoms with Crippen molar-refractivity contribution in [3.8, 4) is 11.3 Å². The van der Waals surface area contributed by atoms with Gasteiger partial charge < -0.3 is 25.2 Å². The summed E-state index contributed by atoms with van der Waals surface area (Å²) < 4.78 is 5.44. The van der Waals surface area contributed by atoms with Crippen molar-refractivity contribution in [3.63, 3.8) is 0 Å². The molecule has 2 aliphatic heterocycles. The van der Waals surface area contributed by atoms with Gasteiger partial charge in [0, 0.05) is 80.5 Å². The van der Waals surface area contributed by atoms with E-state index >= 15 is 0 Å². The fourth-order valence-electron chi connectivity index (χ4n) is 7.49. The lowest BCUT2D eigenvalue weighted by atomic mass is 9.87. The Morgan fingerprint density at radius 3 is 2.46 bits per heavy atom. The minimum atomic E-state index is -0.331. The topological polar surface area (TPSA) is 107 Å². The van der Waals surface area contributed by atoms with Crippen LogP contribution in [0.15, 0.2) is 85.1 Å². The monoisotopic (exact) mass is 700 g/mol. The third-order valence-corrected chi connectivity index (χ3v) is 10.5. The number of benzene rings is 3. The second-order valence-corrected chi connectivity index (χ2v) is 14.0. The van der Waals surface area contributed by atoms with Gasteiger partial charge in [-0.3, -0.25) is 24.3 Å². The summed E-state index contributed by atoms with van der Waals surface area (Å²) in [7, 11) is 1.79. The van der Waals surface area contributed by atoms with E-state index in [-0.39, 0.29) is 23.8 Å². The number of likely N-dealkylation sites (N-methyl/N-ethyl adjacent to an activating group) is 1. The van der Waals surface area contributed by atoms with Gasteiger partial charge in [-0.2, -0.15) is 0 Å². The van der Waals surface area contributed by atoms with E-state index in [0.717, 1.165) is 76.1 Å². The first-order chi connectivity index (χ1) is 25.4. The van der Waals surface area contributed by atoms with Crippen LogP contribution in [0.2, 0.25) is 0 Å². The van der Waals surface area contributed by atoms with Crippen LogP contribution in [0.25, 0.3) is 11.3 Å². The van der Waals surface area contributed by atoms with E-state index < -0.39 is 0 Å². The molecule has 2 N–H and O–H groups in total. The van der Waals surface area contributed by atoms with Gasteiger partial charge in [0.15, 0.2) is 0 Å². The van der Waals surface area contributed by atoms with Crippen LogP contribution < -0.4 is 15.5 Å². The van der Waals surface area contributed by atoms with Crippen LogP contribution in [0.5, 0.6) is 0 Å². The molecule has 4 aromatic rings. The summed E-state index contributed by atoms with van der Waals surface area (Å²) in [6.07, 6.45) is 8.07. The SMILES string of the molecule is CN(CCN1CCOCC1)C(=O)c1cccc(C(=O)Nc2ccc(N3CCCCC3)cc2-c2cc(C(=O)NC3CCCc4ccccc43)ccn2)c1. The van der Waals surface area contributed by atoms with Crippen molar-refractivity contribution in [3.05, 3.63) is 113 Å². The zero-order valence-corrected chi connectivity index (χ0v) is 30.0. The standard InChI is InChI=1S/C42H48N6O4/c1-46(21-22-47-23-25-52-26-24-47)42(51)33-12-7-11-31(27-33)40(49)45-38-16-15-34(48-19-5-2-6-20-48)29-36(38)39-28-32(17-18-43-39)41(50)44-37-14-8-10-30-9-3-4-13-35(30)37/h3-4,7,9,11-13,15-18,27-29,37H,2,5-6,8,10,14,19-26H2,1H3,(H,44,50)(H,45,49). The minimum Gasteiger partial charge on any atom is -0.379 e. The van der Waals surface area contributed by atoms with Crippen LogP contribution in [0.4, 0.5) is 11.4 Å². The molecule has 3 aromatic carbocycles. The van der Waals surface area contributed by atoms with E-state index in [4.69, 9.17) is 9.72 Å². The predicted octanol–water partition coefficient (Wildman–Crippen LogP) is 6.20. The third-order valence-electron chi connectivity index (χ3n) is 10.5. The molecule has 1 aromatic heterocycles. The zero-order chi connectivity index (χ0) is 35.9. The maximum absolute atomic E-state index is 13.8. The summed E-state index contributed by atoms with van der Waals surface area (Å²) in [6.45, 7) is 6.43. The average Bonchev–Trinajstić information content (AvgIpc) is 3.20. The molecule has 1 atom stereocenters. The Hall–Kier alpha value is -5.06. The van der Waals surface area contributed by atoms with Gasteiger partial charge in [-0.15, -0.1) is 0 Å². The number of aromatic nitrogens is 1. The molecule has 3 heterocycles. The largest absolute Gasteiger partial charge is 0.379 e. The summed E-state index contributed by atoms with van der Waals surface area (Å²) in [5.41, 5.74) is 6.77. The molecule has 0 spiro atoms. The van der Waals surface area contributed by atoms with Crippen LogP contribution in [0, 0.1) is 0 Å². The van der Waals surface area contributed by atoms with Crippen LogP contribution in [0.3, 0.4) is 0 Å². The Kier molecular flexibility index (Phi) is 11.2. The second kappa shape index (κ2) is 16.5. The maximum atomic E-state index is 13.8. The highest BCUT2D eigenvalue weighted by Gasteiger charge is 2.23. The van der Waals surface area contributed by atoms with Gasteiger partial charge in [0.25, 0.3) is 17.7 Å². The van der Waals surface area contributed by atoms with E-state index in [1.807, 2.05) is 18.2 Å². The van der Waals surface area contributed by atoms with Crippen LogP contribution in [-0.4, -0.2) is 92.0 Å². The molecule has 52 heavy (non-hydrogen) atoms. The number of ether oxygens (including phenoxy) is 1. The minimum absolute atomic E-state index is 0.0430. The Balaban J connectivity index is 1.11. The fraction of sp³-hybridized carbons (Fsp3) is 0.381. The van der Waals surface area contributed by atoms with Gasteiger partial charge in [-0.25, -0.2) is 0 Å². The molecule has 2 fully saturated rings. The number of hydrogen-bond acceptors (Lipinski definition) is 7. The van der Waals surface area contributed by atoms with Crippen molar-refractivity contribution in [1.82, 2.24) is 20.1 Å². The first-order valence-corrected chi connectivity index (χ1v) is 18.6. The Morgan fingerprint density at radius 2 is 1.62 bits per heavy atom. The fourth-order valence-corrected chi connectivity index (χ4v) is 7.49. The van der Waals surface area contributed by atoms with E-state index in [9.17, 15) is 14.4 Å². The number of hydrogen-bond donors (Lipinski definition) is 2. The van der Waals surface area contributed by atoms with Gasteiger partial charge >= 0.3 is 0 Å². The summed E-state index contributed by atoms with van der Waals surface area (Å²) in [4.78, 5) is 51.9. The van der Waals surface area contributed by atoms with Crippen molar-refractivity contribution in [1.29, 1.82) is 0 Å². The van der Waals surface area contributed by atoms with E-state index in [1.165, 1.54) is 17.5 Å². The van der Waals surface area contributed by atoms with Crippen molar-refractivity contribution >= 4 is 29.1 Å². The zero-order valence-electron chi connectivity index (χ0n) is 30.0. The number of nitrogens with zero attached hydrogens (tertiary/aromatic N) is 4. The third kappa shape index (κ3) is 8.35. The van der Waals surface area contributed by atoms with E-state index in [1.54, 1.807) is 54.5 Å². The Bertz CT molecular complexity index is 1900. The first kappa shape index (κ1) is 35.3. The van der Waals surface area contributed by atoms with Crippen molar-refractivity contribution in [2.75, 3.05) is 69.7 Å². The highest BCUT2D eigenvalue weighted by molar-refractivity contribution is 6.08. The molecule has 0 bridgehead atoms. The molecule has 10 nitrogen and oxygen atoms in total. The van der Waals surface area contributed by atoms with Crippen molar-refractivity contribution < 1.29 is 19.1 Å². The number of piperidine rings is 1. The van der Waals surface area contributed by atoms with Gasteiger partial charge in [-0.1, -0.05) is 30.3 Å². The number of morpholine rings is 1. The number of aryl methyl sites for hydroxylation is 1. The molecular formula is C42H48N6O4. The lowest BCUT2D eigenvalue weighted by molar-refractivity contribution is 0.0338. The summed E-state index contributed by atoms with van der Waals surface area (Å²) in [6, 6.07) is 24.7. The number of pyridine rings is 1. The highest BCUT2D eigenvalue weighted by Crippen LogP contribution is 2.34. The summed E-state index contributed by atoms with van der Waals surface area (Å²) in [5, 5.41) is 6.37. The molecule has 270 valence electrons. The van der Waals surface area contributed by atoms with Crippen LogP contribution in [-0.2, 0) is 11.2 Å². The second-order valence-electron chi connectivity index (χ2n) is 14.0. The van der Waals surface area contributed by atoms with Gasteiger partial charge in [0.2, 0.25) is 0 Å². The molecule has 3 amide bonds. The van der Waals surface area contributed by atoms with Crippen LogP contribution in [0.1, 0.15) is 80.3 Å². The van der Waals surface area contributed by atoms with Gasteiger partial charge in [-0.05, 0) is 98.2 Å². The maximum Gasteiger partial charge on any atom is 0.255 e. The summed E-state index contributed by atoms with van der Waals surface area (Å²) in [5.74, 6) is -0.618. The summed E-state index contributed by atoms with van der Waals surface area (Å²) >= 11 is 0. The predicted molar refractivity (Wildman–Crippen MR) is 204 cm³/mol. The molecule has 0 saturated carbocycles. The number of carbonyl (C=O) groups is 3. The van der Waals surface area contributed by atoms with E-state index in [2.05, 4.69) is 44.7 Å².